The summed E-state index contributed by atoms with van der Waals surface area (Å²) >= 11 is 0. The predicted molar refractivity (Wildman–Crippen MR) is 65.9 cm³/mol. The Hall–Kier alpha value is -1.15. The lowest BCUT2D eigenvalue weighted by molar-refractivity contribution is 0.295. The van der Waals surface area contributed by atoms with Crippen molar-refractivity contribution in [3.8, 4) is 0 Å². The average Bonchev–Trinajstić information content (AvgIpc) is 2.38. The van der Waals surface area contributed by atoms with Crippen LogP contribution in [0, 0.1) is 5.92 Å². The standard InChI is InChI=1S/C14H19NO/c16-11-14(13-4-2-1-3-5-13)10-12-6-8-15-9-7-12/h6-10,13,16H,1-5,11H2. The number of nitrogens with zero attached hydrogens (tertiary/aromatic N) is 1. The summed E-state index contributed by atoms with van der Waals surface area (Å²) in [4.78, 5) is 4.00. The van der Waals surface area contributed by atoms with Gasteiger partial charge in [0.1, 0.15) is 0 Å². The van der Waals surface area contributed by atoms with Crippen LogP contribution in [0.5, 0.6) is 0 Å². The Morgan fingerprint density at radius 1 is 1.25 bits per heavy atom. The van der Waals surface area contributed by atoms with Gasteiger partial charge in [0, 0.05) is 12.4 Å². The van der Waals surface area contributed by atoms with Crippen molar-refractivity contribution < 1.29 is 5.11 Å². The van der Waals surface area contributed by atoms with Gasteiger partial charge < -0.3 is 5.11 Å². The van der Waals surface area contributed by atoms with Crippen LogP contribution >= 0.6 is 0 Å². The minimum atomic E-state index is 0.187. The SMILES string of the molecule is OCC(=Cc1ccncc1)C1CCCCC1. The van der Waals surface area contributed by atoms with Gasteiger partial charge in [0.05, 0.1) is 6.61 Å². The zero-order chi connectivity index (χ0) is 11.2. The van der Waals surface area contributed by atoms with Gasteiger partial charge in [0.2, 0.25) is 0 Å². The Labute approximate surface area is 97.0 Å². The molecule has 0 bridgehead atoms. The molecule has 0 atom stereocenters. The fraction of sp³-hybridized carbons (Fsp3) is 0.500. The van der Waals surface area contributed by atoms with E-state index in [2.05, 4.69) is 11.1 Å². The van der Waals surface area contributed by atoms with Crippen LogP contribution in [-0.2, 0) is 0 Å². The van der Waals surface area contributed by atoms with Crippen molar-refractivity contribution in [3.63, 3.8) is 0 Å². The zero-order valence-electron chi connectivity index (χ0n) is 9.60. The molecule has 16 heavy (non-hydrogen) atoms. The minimum absolute atomic E-state index is 0.187. The number of aliphatic hydroxyl groups excluding tert-OH is 1. The highest BCUT2D eigenvalue weighted by molar-refractivity contribution is 5.52. The molecule has 2 rings (SSSR count). The Kier molecular flexibility index (Phi) is 4.11. The van der Waals surface area contributed by atoms with Gasteiger partial charge in [-0.15, -0.1) is 0 Å². The van der Waals surface area contributed by atoms with Crippen molar-refractivity contribution in [1.82, 2.24) is 4.98 Å². The molecule has 0 spiro atoms. The van der Waals surface area contributed by atoms with Crippen molar-refractivity contribution >= 4 is 6.08 Å². The van der Waals surface area contributed by atoms with Crippen molar-refractivity contribution in [2.45, 2.75) is 32.1 Å². The highest BCUT2D eigenvalue weighted by Gasteiger charge is 2.16. The van der Waals surface area contributed by atoms with Crippen LogP contribution in [0.25, 0.3) is 6.08 Å². The van der Waals surface area contributed by atoms with Crippen LogP contribution in [0.2, 0.25) is 0 Å². The third-order valence-electron chi connectivity index (χ3n) is 3.37. The van der Waals surface area contributed by atoms with Crippen LogP contribution in [0.1, 0.15) is 37.7 Å². The lowest BCUT2D eigenvalue weighted by atomic mass is 9.83. The van der Waals surface area contributed by atoms with Crippen LogP contribution < -0.4 is 0 Å². The number of hydrogen-bond acceptors (Lipinski definition) is 2. The first-order valence-electron chi connectivity index (χ1n) is 6.11. The highest BCUT2D eigenvalue weighted by Crippen LogP contribution is 2.30. The zero-order valence-corrected chi connectivity index (χ0v) is 9.60. The van der Waals surface area contributed by atoms with E-state index in [1.807, 2.05) is 12.1 Å². The summed E-state index contributed by atoms with van der Waals surface area (Å²) in [6.07, 6.45) is 12.1. The van der Waals surface area contributed by atoms with Crippen LogP contribution in [0.3, 0.4) is 0 Å². The number of hydrogen-bond donors (Lipinski definition) is 1. The molecule has 1 saturated carbocycles. The molecule has 1 aliphatic carbocycles. The molecule has 2 nitrogen and oxygen atoms in total. The van der Waals surface area contributed by atoms with E-state index < -0.39 is 0 Å². The monoisotopic (exact) mass is 217 g/mol. The number of aromatic nitrogens is 1. The van der Waals surface area contributed by atoms with Gasteiger partial charge in [-0.25, -0.2) is 0 Å². The van der Waals surface area contributed by atoms with E-state index in [0.717, 1.165) is 5.56 Å². The molecule has 1 heterocycles. The van der Waals surface area contributed by atoms with Crippen molar-refractivity contribution in [2.75, 3.05) is 6.61 Å². The van der Waals surface area contributed by atoms with Crippen molar-refractivity contribution in [2.24, 2.45) is 5.92 Å². The lowest BCUT2D eigenvalue weighted by Crippen LogP contribution is -2.11. The molecular weight excluding hydrogens is 198 g/mol. The highest BCUT2D eigenvalue weighted by atomic mass is 16.3. The van der Waals surface area contributed by atoms with E-state index in [1.54, 1.807) is 12.4 Å². The first kappa shape index (κ1) is 11.3. The topological polar surface area (TPSA) is 33.1 Å². The van der Waals surface area contributed by atoms with Gasteiger partial charge in [0.15, 0.2) is 0 Å². The number of rotatable bonds is 3. The fourth-order valence-corrected chi connectivity index (χ4v) is 2.44. The molecule has 0 aliphatic heterocycles. The summed E-state index contributed by atoms with van der Waals surface area (Å²) in [6.45, 7) is 0.187. The van der Waals surface area contributed by atoms with Gasteiger partial charge in [-0.2, -0.15) is 0 Å². The third-order valence-corrected chi connectivity index (χ3v) is 3.37. The predicted octanol–water partition coefficient (Wildman–Crippen LogP) is 3.04. The van der Waals surface area contributed by atoms with E-state index in [1.165, 1.54) is 37.7 Å². The Morgan fingerprint density at radius 3 is 2.56 bits per heavy atom. The molecule has 0 unspecified atom stereocenters. The average molecular weight is 217 g/mol. The summed E-state index contributed by atoms with van der Waals surface area (Å²) in [5, 5.41) is 9.46. The molecule has 1 fully saturated rings. The molecule has 1 aromatic heterocycles. The van der Waals surface area contributed by atoms with Crippen LogP contribution in [0.15, 0.2) is 30.1 Å². The summed E-state index contributed by atoms with van der Waals surface area (Å²) < 4.78 is 0. The normalized spacial score (nSPS) is 18.7. The first-order chi connectivity index (χ1) is 7.90. The van der Waals surface area contributed by atoms with Gasteiger partial charge >= 0.3 is 0 Å². The minimum Gasteiger partial charge on any atom is -0.392 e. The third kappa shape index (κ3) is 2.92. The molecule has 0 amide bonds. The summed E-state index contributed by atoms with van der Waals surface area (Å²) in [7, 11) is 0. The van der Waals surface area contributed by atoms with E-state index in [-0.39, 0.29) is 6.61 Å². The fourth-order valence-electron chi connectivity index (χ4n) is 2.44. The van der Waals surface area contributed by atoms with Crippen molar-refractivity contribution in [1.29, 1.82) is 0 Å². The van der Waals surface area contributed by atoms with E-state index in [4.69, 9.17) is 0 Å². The van der Waals surface area contributed by atoms with Crippen LogP contribution in [-0.4, -0.2) is 16.7 Å². The maximum atomic E-state index is 9.46. The Bertz CT molecular complexity index is 339. The van der Waals surface area contributed by atoms with Crippen LogP contribution in [0.4, 0.5) is 0 Å². The Morgan fingerprint density at radius 2 is 1.94 bits per heavy atom. The maximum absolute atomic E-state index is 9.46. The van der Waals surface area contributed by atoms with Gasteiger partial charge in [-0.05, 0) is 42.0 Å². The molecule has 1 aliphatic rings. The van der Waals surface area contributed by atoms with Gasteiger partial charge in [0.25, 0.3) is 0 Å². The van der Waals surface area contributed by atoms with E-state index in [9.17, 15) is 5.11 Å². The molecule has 1 N–H and O–H groups in total. The smallest absolute Gasteiger partial charge is 0.0647 e. The Balaban J connectivity index is 2.12. The second-order valence-electron chi connectivity index (χ2n) is 4.49. The largest absolute Gasteiger partial charge is 0.392 e. The molecule has 0 saturated heterocycles. The summed E-state index contributed by atoms with van der Waals surface area (Å²) in [5.41, 5.74) is 2.33. The number of aliphatic hydroxyl groups is 1. The quantitative estimate of drug-likeness (QED) is 0.844. The number of pyridine rings is 1. The summed E-state index contributed by atoms with van der Waals surface area (Å²) in [5.74, 6) is 0.590. The van der Waals surface area contributed by atoms with Gasteiger partial charge in [-0.3, -0.25) is 4.98 Å². The first-order valence-corrected chi connectivity index (χ1v) is 6.11. The summed E-state index contributed by atoms with van der Waals surface area (Å²) in [6, 6.07) is 3.97. The molecular formula is C14H19NO. The van der Waals surface area contributed by atoms with E-state index >= 15 is 0 Å². The second kappa shape index (κ2) is 5.80. The molecule has 0 aromatic carbocycles. The van der Waals surface area contributed by atoms with Gasteiger partial charge in [-0.1, -0.05) is 25.3 Å². The maximum Gasteiger partial charge on any atom is 0.0647 e. The van der Waals surface area contributed by atoms with E-state index in [0.29, 0.717) is 5.92 Å². The second-order valence-corrected chi connectivity index (χ2v) is 4.49. The molecule has 0 radical (unpaired) electrons. The molecule has 1 aromatic rings. The molecule has 2 heteroatoms. The lowest BCUT2D eigenvalue weighted by Gasteiger charge is -2.23. The molecule has 86 valence electrons. The van der Waals surface area contributed by atoms with Crippen molar-refractivity contribution in [3.05, 3.63) is 35.7 Å².